The molecular weight excluding hydrogens is 469 g/mol. The van der Waals surface area contributed by atoms with Crippen LogP contribution in [-0.2, 0) is 6.18 Å². The molecule has 2 heterocycles. The van der Waals surface area contributed by atoms with E-state index in [1.165, 1.54) is 18.2 Å². The maximum Gasteiger partial charge on any atom is 0.416 e. The van der Waals surface area contributed by atoms with Crippen molar-refractivity contribution in [3.63, 3.8) is 0 Å². The number of alkyl halides is 3. The molecule has 1 aliphatic rings. The molecule has 5 rings (SSSR count). The van der Waals surface area contributed by atoms with Crippen LogP contribution in [0.2, 0.25) is 0 Å². The van der Waals surface area contributed by atoms with Crippen molar-refractivity contribution in [3.8, 4) is 11.1 Å². The van der Waals surface area contributed by atoms with Crippen LogP contribution in [0.1, 0.15) is 35.2 Å². The predicted molar refractivity (Wildman–Crippen MR) is 133 cm³/mol. The first-order valence-electron chi connectivity index (χ1n) is 11.7. The lowest BCUT2D eigenvalue weighted by atomic mass is 10.0. The van der Waals surface area contributed by atoms with Gasteiger partial charge in [0.05, 0.1) is 22.5 Å². The number of para-hydroxylation sites is 1. The zero-order chi connectivity index (χ0) is 25.3. The Kier molecular flexibility index (Phi) is 6.26. The van der Waals surface area contributed by atoms with Gasteiger partial charge in [-0.25, -0.2) is 4.79 Å². The van der Waals surface area contributed by atoms with Gasteiger partial charge in [0, 0.05) is 24.0 Å². The first kappa shape index (κ1) is 23.7. The minimum absolute atomic E-state index is 0.121. The van der Waals surface area contributed by atoms with E-state index in [2.05, 4.69) is 5.32 Å². The molecule has 1 saturated heterocycles. The van der Waals surface area contributed by atoms with Crippen LogP contribution in [0.4, 0.5) is 24.5 Å². The van der Waals surface area contributed by atoms with Gasteiger partial charge in [-0.3, -0.25) is 4.79 Å². The van der Waals surface area contributed by atoms with Crippen LogP contribution in [0.25, 0.3) is 22.1 Å². The molecule has 8 heteroatoms. The minimum Gasteiger partial charge on any atom is -0.422 e. The standard InChI is InChI=1S/C28H23F3N2O3/c29-28(30,31)21-12-13-24(33-14-4-1-5-15-33)23(17-21)32-26(34)19-10-8-18(9-11-19)22-16-20-6-2-3-7-25(20)36-27(22)35/h2-3,6-13,16-17H,1,4-5,14-15H2,(H,32,34). The Morgan fingerprint density at radius 1 is 0.889 bits per heavy atom. The number of hydrogen-bond donors (Lipinski definition) is 1. The van der Waals surface area contributed by atoms with Crippen molar-refractivity contribution in [2.45, 2.75) is 25.4 Å². The molecule has 1 N–H and O–H groups in total. The van der Waals surface area contributed by atoms with E-state index >= 15 is 0 Å². The summed E-state index contributed by atoms with van der Waals surface area (Å²) < 4.78 is 45.5. The van der Waals surface area contributed by atoms with E-state index in [1.54, 1.807) is 30.3 Å². The summed E-state index contributed by atoms with van der Waals surface area (Å²) in [6.07, 6.45) is -1.57. The smallest absolute Gasteiger partial charge is 0.416 e. The van der Waals surface area contributed by atoms with Crippen LogP contribution in [0.5, 0.6) is 0 Å². The Labute approximate surface area is 205 Å². The molecule has 1 amide bonds. The van der Waals surface area contributed by atoms with Gasteiger partial charge in [-0.15, -0.1) is 0 Å². The molecule has 0 bridgehead atoms. The number of hydrogen-bond acceptors (Lipinski definition) is 4. The van der Waals surface area contributed by atoms with Gasteiger partial charge in [-0.2, -0.15) is 13.2 Å². The van der Waals surface area contributed by atoms with Crippen LogP contribution in [0.15, 0.2) is 82.0 Å². The second-order valence-electron chi connectivity index (χ2n) is 8.79. The molecule has 3 aromatic carbocycles. The van der Waals surface area contributed by atoms with Crippen LogP contribution in [-0.4, -0.2) is 19.0 Å². The highest BCUT2D eigenvalue weighted by atomic mass is 19.4. The fourth-order valence-electron chi connectivity index (χ4n) is 4.48. The summed E-state index contributed by atoms with van der Waals surface area (Å²) in [6.45, 7) is 1.44. The topological polar surface area (TPSA) is 62.6 Å². The third-order valence-electron chi connectivity index (χ3n) is 6.37. The molecule has 0 aliphatic carbocycles. The van der Waals surface area contributed by atoms with Gasteiger partial charge in [-0.05, 0) is 67.3 Å². The van der Waals surface area contributed by atoms with E-state index in [0.29, 0.717) is 22.4 Å². The predicted octanol–water partition coefficient (Wildman–Crippen LogP) is 6.72. The fraction of sp³-hybridized carbons (Fsp3) is 0.214. The average Bonchev–Trinajstić information content (AvgIpc) is 2.88. The SMILES string of the molecule is O=C(Nc1cc(C(F)(F)F)ccc1N1CCCCC1)c1ccc(-c2cc3ccccc3oc2=O)cc1. The molecule has 36 heavy (non-hydrogen) atoms. The number of carbonyl (C=O) groups excluding carboxylic acids is 1. The number of anilines is 2. The second kappa shape index (κ2) is 9.53. The molecule has 1 fully saturated rings. The van der Waals surface area contributed by atoms with Crippen molar-refractivity contribution in [3.05, 3.63) is 94.3 Å². The Hall–Kier alpha value is -4.07. The summed E-state index contributed by atoms with van der Waals surface area (Å²) in [5.41, 5.74) is 1.03. The second-order valence-corrected chi connectivity index (χ2v) is 8.79. The number of amides is 1. The van der Waals surface area contributed by atoms with Gasteiger partial charge in [-0.1, -0.05) is 30.3 Å². The first-order valence-corrected chi connectivity index (χ1v) is 11.7. The zero-order valence-electron chi connectivity index (χ0n) is 19.3. The maximum absolute atomic E-state index is 13.4. The van der Waals surface area contributed by atoms with E-state index < -0.39 is 23.3 Å². The third-order valence-corrected chi connectivity index (χ3v) is 6.37. The van der Waals surface area contributed by atoms with Crippen molar-refractivity contribution in [2.75, 3.05) is 23.3 Å². The monoisotopic (exact) mass is 492 g/mol. The van der Waals surface area contributed by atoms with Gasteiger partial charge in [0.2, 0.25) is 0 Å². The molecule has 0 saturated carbocycles. The normalized spacial score (nSPS) is 14.1. The number of halogens is 3. The van der Waals surface area contributed by atoms with Crippen molar-refractivity contribution >= 4 is 28.3 Å². The van der Waals surface area contributed by atoms with E-state index in [0.717, 1.165) is 49.9 Å². The Balaban J connectivity index is 1.43. The summed E-state index contributed by atoms with van der Waals surface area (Å²) in [5.74, 6) is -0.537. The summed E-state index contributed by atoms with van der Waals surface area (Å²) in [7, 11) is 0. The quantitative estimate of drug-likeness (QED) is 0.321. The largest absolute Gasteiger partial charge is 0.422 e. The highest BCUT2D eigenvalue weighted by Crippen LogP contribution is 2.36. The number of nitrogens with zero attached hydrogens (tertiary/aromatic N) is 1. The van der Waals surface area contributed by atoms with Gasteiger partial charge in [0.25, 0.3) is 5.91 Å². The van der Waals surface area contributed by atoms with E-state index in [1.807, 2.05) is 17.0 Å². The van der Waals surface area contributed by atoms with Crippen LogP contribution in [0.3, 0.4) is 0 Å². The van der Waals surface area contributed by atoms with Crippen molar-refractivity contribution in [2.24, 2.45) is 0 Å². The molecule has 0 atom stereocenters. The summed E-state index contributed by atoms with van der Waals surface area (Å²) in [5, 5.41) is 3.44. The lowest BCUT2D eigenvalue weighted by molar-refractivity contribution is -0.137. The number of rotatable bonds is 4. The van der Waals surface area contributed by atoms with Crippen LogP contribution >= 0.6 is 0 Å². The zero-order valence-corrected chi connectivity index (χ0v) is 19.3. The third kappa shape index (κ3) is 4.84. The average molecular weight is 492 g/mol. The van der Waals surface area contributed by atoms with Crippen LogP contribution < -0.4 is 15.8 Å². The minimum atomic E-state index is -4.53. The fourth-order valence-corrected chi connectivity index (χ4v) is 4.48. The molecule has 4 aromatic rings. The van der Waals surface area contributed by atoms with Crippen molar-refractivity contribution in [1.82, 2.24) is 0 Å². The summed E-state index contributed by atoms with van der Waals surface area (Å²) in [4.78, 5) is 27.5. The molecule has 0 spiro atoms. The van der Waals surface area contributed by atoms with E-state index in [9.17, 15) is 22.8 Å². The highest BCUT2D eigenvalue weighted by molar-refractivity contribution is 6.06. The first-order chi connectivity index (χ1) is 17.3. The number of carbonyl (C=O) groups is 1. The van der Waals surface area contributed by atoms with Gasteiger partial charge < -0.3 is 14.6 Å². The lowest BCUT2D eigenvalue weighted by Crippen LogP contribution is -2.30. The number of nitrogens with one attached hydrogen (secondary N) is 1. The van der Waals surface area contributed by atoms with Crippen molar-refractivity contribution in [1.29, 1.82) is 0 Å². The molecule has 1 aliphatic heterocycles. The molecule has 0 unspecified atom stereocenters. The Bertz CT molecular complexity index is 1470. The van der Waals surface area contributed by atoms with Crippen molar-refractivity contribution < 1.29 is 22.4 Å². The Morgan fingerprint density at radius 2 is 1.61 bits per heavy atom. The number of piperidine rings is 1. The molecule has 1 aromatic heterocycles. The van der Waals surface area contributed by atoms with E-state index in [-0.39, 0.29) is 11.3 Å². The summed E-state index contributed by atoms with van der Waals surface area (Å²) in [6, 6.07) is 18.6. The maximum atomic E-state index is 13.4. The highest BCUT2D eigenvalue weighted by Gasteiger charge is 2.32. The van der Waals surface area contributed by atoms with E-state index in [4.69, 9.17) is 4.42 Å². The van der Waals surface area contributed by atoms with Crippen LogP contribution in [0, 0.1) is 0 Å². The van der Waals surface area contributed by atoms with Gasteiger partial charge >= 0.3 is 11.8 Å². The summed E-state index contributed by atoms with van der Waals surface area (Å²) >= 11 is 0. The number of fused-ring (bicyclic) bond motifs is 1. The molecule has 0 radical (unpaired) electrons. The Morgan fingerprint density at radius 3 is 2.33 bits per heavy atom. The molecule has 184 valence electrons. The molecular formula is C28H23F3N2O3. The van der Waals surface area contributed by atoms with Gasteiger partial charge in [0.1, 0.15) is 5.58 Å². The van der Waals surface area contributed by atoms with Gasteiger partial charge in [0.15, 0.2) is 0 Å². The lowest BCUT2D eigenvalue weighted by Gasteiger charge is -2.31. The number of benzene rings is 3. The molecule has 5 nitrogen and oxygen atoms in total.